The van der Waals surface area contributed by atoms with Gasteiger partial charge in [0.25, 0.3) is 11.8 Å². The molecule has 168 valence electrons. The molecule has 0 spiro atoms. The van der Waals surface area contributed by atoms with Crippen LogP contribution in [0.1, 0.15) is 27.9 Å². The summed E-state index contributed by atoms with van der Waals surface area (Å²) in [5, 5.41) is 0.612. The molecular weight excluding hydrogens is 551 g/mol. The largest absolute Gasteiger partial charge is 0.326 e. The van der Waals surface area contributed by atoms with Crippen molar-refractivity contribution >= 4 is 57.6 Å². The van der Waals surface area contributed by atoms with Crippen molar-refractivity contribution in [1.82, 2.24) is 4.90 Å². The molecule has 1 aliphatic heterocycles. The van der Waals surface area contributed by atoms with Crippen molar-refractivity contribution < 1.29 is 14.4 Å². The van der Waals surface area contributed by atoms with Gasteiger partial charge in [-0.25, -0.2) is 4.90 Å². The Balaban J connectivity index is 1.64. The lowest BCUT2D eigenvalue weighted by atomic mass is 10.1. The molecule has 0 radical (unpaired) electrons. The molecule has 1 unspecified atom stereocenters. The Morgan fingerprint density at radius 1 is 1.06 bits per heavy atom. The Hall–Kier alpha value is -2.71. The van der Waals surface area contributed by atoms with Crippen LogP contribution in [0.2, 0.25) is 5.02 Å². The highest BCUT2D eigenvalue weighted by atomic mass is 127. The monoisotopic (exact) mass is 572 g/mol. The summed E-state index contributed by atoms with van der Waals surface area (Å²) in [7, 11) is 0. The maximum atomic E-state index is 13.5. The molecule has 0 aliphatic carbocycles. The van der Waals surface area contributed by atoms with E-state index in [4.69, 9.17) is 11.6 Å². The second-order valence-electron chi connectivity index (χ2n) is 8.01. The van der Waals surface area contributed by atoms with E-state index in [-0.39, 0.29) is 30.7 Å². The van der Waals surface area contributed by atoms with Gasteiger partial charge in [0, 0.05) is 20.7 Å². The van der Waals surface area contributed by atoms with Gasteiger partial charge in [-0.05, 0) is 90.0 Å². The highest BCUT2D eigenvalue weighted by Crippen LogP contribution is 2.28. The summed E-state index contributed by atoms with van der Waals surface area (Å²) >= 11 is 8.29. The molecule has 1 atom stereocenters. The van der Waals surface area contributed by atoms with Crippen LogP contribution in [-0.4, -0.2) is 35.2 Å². The number of carbonyl (C=O) groups is 3. The first-order chi connectivity index (χ1) is 15.8. The van der Waals surface area contributed by atoms with E-state index in [9.17, 15) is 14.4 Å². The number of benzene rings is 3. The summed E-state index contributed by atoms with van der Waals surface area (Å²) in [6, 6.07) is 21.0. The lowest BCUT2D eigenvalue weighted by Crippen LogP contribution is -2.46. The van der Waals surface area contributed by atoms with Gasteiger partial charge in [0.15, 0.2) is 0 Å². The Morgan fingerprint density at radius 2 is 1.79 bits per heavy atom. The SMILES string of the molecule is Cc1cccc(C(=O)N(CCc2cccc(Cl)c2)C2CC(=O)N(c3ccc(I)cc3)C2=O)c1. The van der Waals surface area contributed by atoms with Crippen LogP contribution >= 0.6 is 34.2 Å². The second-order valence-corrected chi connectivity index (χ2v) is 9.69. The maximum absolute atomic E-state index is 13.5. The van der Waals surface area contributed by atoms with E-state index in [0.29, 0.717) is 22.7 Å². The number of imide groups is 1. The molecule has 3 aromatic carbocycles. The molecule has 3 aromatic rings. The third-order valence-corrected chi connectivity index (χ3v) is 6.59. The third-order valence-electron chi connectivity index (χ3n) is 5.64. The lowest BCUT2D eigenvalue weighted by Gasteiger charge is -2.28. The molecule has 1 saturated heterocycles. The zero-order valence-corrected chi connectivity index (χ0v) is 20.9. The number of amides is 3. The van der Waals surface area contributed by atoms with Crippen molar-refractivity contribution in [2.45, 2.75) is 25.8 Å². The van der Waals surface area contributed by atoms with Crippen LogP contribution in [0.4, 0.5) is 5.69 Å². The average molecular weight is 573 g/mol. The summed E-state index contributed by atoms with van der Waals surface area (Å²) in [5.74, 6) is -0.958. The molecule has 7 heteroatoms. The maximum Gasteiger partial charge on any atom is 0.257 e. The van der Waals surface area contributed by atoms with E-state index in [1.807, 2.05) is 49.4 Å². The van der Waals surface area contributed by atoms with E-state index in [1.54, 1.807) is 30.3 Å². The van der Waals surface area contributed by atoms with Gasteiger partial charge in [-0.2, -0.15) is 0 Å². The van der Waals surface area contributed by atoms with Crippen LogP contribution in [0.5, 0.6) is 0 Å². The zero-order chi connectivity index (χ0) is 23.5. The van der Waals surface area contributed by atoms with E-state index in [0.717, 1.165) is 14.7 Å². The van der Waals surface area contributed by atoms with Crippen LogP contribution in [0.3, 0.4) is 0 Å². The number of rotatable bonds is 6. The average Bonchev–Trinajstić information content (AvgIpc) is 3.08. The minimum absolute atomic E-state index is 0.0437. The Labute approximate surface area is 211 Å². The predicted molar refractivity (Wildman–Crippen MR) is 137 cm³/mol. The normalized spacial score (nSPS) is 15.7. The molecule has 1 heterocycles. The van der Waals surface area contributed by atoms with Crippen LogP contribution in [0.25, 0.3) is 0 Å². The number of halogens is 2. The van der Waals surface area contributed by atoms with E-state index >= 15 is 0 Å². The van der Waals surface area contributed by atoms with Gasteiger partial charge in [0.1, 0.15) is 6.04 Å². The highest BCUT2D eigenvalue weighted by Gasteiger charge is 2.44. The molecular formula is C26H22ClIN2O3. The van der Waals surface area contributed by atoms with Crippen LogP contribution in [0, 0.1) is 10.5 Å². The topological polar surface area (TPSA) is 57.7 Å². The first-order valence-corrected chi connectivity index (χ1v) is 12.0. The Morgan fingerprint density at radius 3 is 2.48 bits per heavy atom. The molecule has 1 aliphatic rings. The minimum Gasteiger partial charge on any atom is -0.326 e. The van der Waals surface area contributed by atoms with E-state index < -0.39 is 6.04 Å². The van der Waals surface area contributed by atoms with Gasteiger partial charge in [-0.3, -0.25) is 14.4 Å². The number of anilines is 1. The minimum atomic E-state index is -0.857. The highest BCUT2D eigenvalue weighted by molar-refractivity contribution is 14.1. The quantitative estimate of drug-likeness (QED) is 0.299. The fraction of sp³-hybridized carbons (Fsp3) is 0.192. The molecule has 33 heavy (non-hydrogen) atoms. The van der Waals surface area contributed by atoms with Gasteiger partial charge in [-0.15, -0.1) is 0 Å². The fourth-order valence-electron chi connectivity index (χ4n) is 4.01. The van der Waals surface area contributed by atoms with Crippen LogP contribution < -0.4 is 4.90 Å². The fourth-order valence-corrected chi connectivity index (χ4v) is 4.58. The molecule has 5 nitrogen and oxygen atoms in total. The number of carbonyl (C=O) groups excluding carboxylic acids is 3. The van der Waals surface area contributed by atoms with Crippen molar-refractivity contribution in [1.29, 1.82) is 0 Å². The van der Waals surface area contributed by atoms with Crippen LogP contribution in [0.15, 0.2) is 72.8 Å². The molecule has 3 amide bonds. The summed E-state index contributed by atoms with van der Waals surface area (Å²) in [6.07, 6.45) is 0.470. The summed E-state index contributed by atoms with van der Waals surface area (Å²) in [5.41, 5.74) is 2.92. The Bertz CT molecular complexity index is 1210. The molecule has 0 bridgehead atoms. The van der Waals surface area contributed by atoms with Gasteiger partial charge in [-0.1, -0.05) is 41.4 Å². The van der Waals surface area contributed by atoms with Gasteiger partial charge >= 0.3 is 0 Å². The smallest absolute Gasteiger partial charge is 0.257 e. The molecule has 1 fully saturated rings. The lowest BCUT2D eigenvalue weighted by molar-refractivity contribution is -0.122. The standard InChI is InChI=1S/C26H22ClIN2O3/c1-17-4-2-6-19(14-17)25(32)29(13-12-18-5-3-7-20(27)15-18)23-16-24(31)30(26(23)33)22-10-8-21(28)9-11-22/h2-11,14-15,23H,12-13,16H2,1H3. The van der Waals surface area contributed by atoms with Crippen molar-refractivity contribution in [3.8, 4) is 0 Å². The van der Waals surface area contributed by atoms with Gasteiger partial charge < -0.3 is 4.90 Å². The van der Waals surface area contributed by atoms with E-state index in [1.165, 1.54) is 9.80 Å². The summed E-state index contributed by atoms with van der Waals surface area (Å²) < 4.78 is 1.00. The second kappa shape index (κ2) is 10.1. The number of aryl methyl sites for hydroxylation is 1. The molecule has 4 rings (SSSR count). The summed E-state index contributed by atoms with van der Waals surface area (Å²) in [4.78, 5) is 42.5. The third kappa shape index (κ3) is 5.28. The number of hydrogen-bond donors (Lipinski definition) is 0. The summed E-state index contributed by atoms with van der Waals surface area (Å²) in [6.45, 7) is 2.20. The molecule has 0 N–H and O–H groups in total. The van der Waals surface area contributed by atoms with Crippen molar-refractivity contribution in [3.05, 3.63) is 98.1 Å². The predicted octanol–water partition coefficient (Wildman–Crippen LogP) is 5.27. The zero-order valence-electron chi connectivity index (χ0n) is 18.0. The Kier molecular flexibility index (Phi) is 7.14. The van der Waals surface area contributed by atoms with Crippen molar-refractivity contribution in [2.24, 2.45) is 0 Å². The van der Waals surface area contributed by atoms with Gasteiger partial charge in [0.2, 0.25) is 5.91 Å². The van der Waals surface area contributed by atoms with E-state index in [2.05, 4.69) is 22.6 Å². The first-order valence-electron chi connectivity index (χ1n) is 10.6. The molecule has 0 saturated carbocycles. The van der Waals surface area contributed by atoms with Gasteiger partial charge in [0.05, 0.1) is 12.1 Å². The van der Waals surface area contributed by atoms with Crippen LogP contribution in [-0.2, 0) is 16.0 Å². The van der Waals surface area contributed by atoms with Crippen molar-refractivity contribution in [2.75, 3.05) is 11.4 Å². The number of hydrogen-bond acceptors (Lipinski definition) is 3. The first kappa shape index (κ1) is 23.4. The molecule has 0 aromatic heterocycles. The number of nitrogens with zero attached hydrogens (tertiary/aromatic N) is 2. The van der Waals surface area contributed by atoms with Crippen molar-refractivity contribution in [3.63, 3.8) is 0 Å².